The lowest BCUT2D eigenvalue weighted by atomic mass is 9.92. The normalized spacial score (nSPS) is 23.8. The highest BCUT2D eigenvalue weighted by Gasteiger charge is 2.17. The molecule has 1 aromatic carbocycles. The van der Waals surface area contributed by atoms with E-state index < -0.39 is 0 Å². The molecule has 0 radical (unpaired) electrons. The molecule has 0 aliphatic heterocycles. The quantitative estimate of drug-likeness (QED) is 0.886. The van der Waals surface area contributed by atoms with Crippen molar-refractivity contribution in [1.82, 2.24) is 5.32 Å². The number of nitrogens with two attached hydrogens (primary N) is 1. The van der Waals surface area contributed by atoms with Crippen molar-refractivity contribution in [2.75, 3.05) is 6.54 Å². The predicted molar refractivity (Wildman–Crippen MR) is 78.2 cm³/mol. The van der Waals surface area contributed by atoms with Crippen LogP contribution in [0.1, 0.15) is 31.2 Å². The van der Waals surface area contributed by atoms with Crippen molar-refractivity contribution in [3.8, 4) is 0 Å². The maximum absolute atomic E-state index is 5.92. The highest BCUT2D eigenvalue weighted by molar-refractivity contribution is 5.80. The van der Waals surface area contributed by atoms with E-state index in [1.165, 1.54) is 23.8 Å². The van der Waals surface area contributed by atoms with Crippen molar-refractivity contribution < 1.29 is 4.42 Å². The summed E-state index contributed by atoms with van der Waals surface area (Å²) in [5.41, 5.74) is 8.21. The fraction of sp³-hybridized carbons (Fsp3) is 0.500. The standard InChI is InChI=1S/C16H22N2O/c17-13-5-7-14(8-6-13)18-10-9-12-11-19-16-4-2-1-3-15(12)16/h1-4,11,13-14,18H,5-10,17H2. The molecule has 3 rings (SSSR count). The minimum atomic E-state index is 0.427. The lowest BCUT2D eigenvalue weighted by Gasteiger charge is -2.26. The third-order valence-corrected chi connectivity index (χ3v) is 4.16. The molecule has 1 fully saturated rings. The van der Waals surface area contributed by atoms with Crippen molar-refractivity contribution in [1.29, 1.82) is 0 Å². The molecule has 1 aliphatic rings. The monoisotopic (exact) mass is 258 g/mol. The van der Waals surface area contributed by atoms with E-state index in [4.69, 9.17) is 10.2 Å². The van der Waals surface area contributed by atoms with Crippen LogP contribution in [-0.4, -0.2) is 18.6 Å². The fourth-order valence-electron chi connectivity index (χ4n) is 2.96. The van der Waals surface area contributed by atoms with Crippen LogP contribution in [0.3, 0.4) is 0 Å². The van der Waals surface area contributed by atoms with Gasteiger partial charge >= 0.3 is 0 Å². The summed E-state index contributed by atoms with van der Waals surface area (Å²) in [4.78, 5) is 0. The summed E-state index contributed by atoms with van der Waals surface area (Å²) in [5, 5.41) is 4.89. The Labute approximate surface area is 114 Å². The first-order valence-electron chi connectivity index (χ1n) is 7.27. The fourth-order valence-corrected chi connectivity index (χ4v) is 2.96. The molecular formula is C16H22N2O. The zero-order chi connectivity index (χ0) is 13.1. The Balaban J connectivity index is 1.52. The Kier molecular flexibility index (Phi) is 3.85. The van der Waals surface area contributed by atoms with E-state index in [1.54, 1.807) is 0 Å². The van der Waals surface area contributed by atoms with Crippen LogP contribution in [-0.2, 0) is 6.42 Å². The largest absolute Gasteiger partial charge is 0.464 e. The van der Waals surface area contributed by atoms with E-state index in [9.17, 15) is 0 Å². The highest BCUT2D eigenvalue weighted by Crippen LogP contribution is 2.21. The molecule has 0 unspecified atom stereocenters. The smallest absolute Gasteiger partial charge is 0.134 e. The maximum atomic E-state index is 5.92. The first-order chi connectivity index (χ1) is 9.33. The molecule has 0 atom stereocenters. The Hall–Kier alpha value is -1.32. The lowest BCUT2D eigenvalue weighted by Crippen LogP contribution is -2.38. The minimum Gasteiger partial charge on any atom is -0.464 e. The summed E-state index contributed by atoms with van der Waals surface area (Å²) >= 11 is 0. The number of rotatable bonds is 4. The number of furan rings is 1. The van der Waals surface area contributed by atoms with Crippen LogP contribution in [0.2, 0.25) is 0 Å². The van der Waals surface area contributed by atoms with Gasteiger partial charge in [-0.25, -0.2) is 0 Å². The van der Waals surface area contributed by atoms with E-state index in [-0.39, 0.29) is 0 Å². The summed E-state index contributed by atoms with van der Waals surface area (Å²) in [7, 11) is 0. The summed E-state index contributed by atoms with van der Waals surface area (Å²) in [6.07, 6.45) is 7.67. The first-order valence-corrected chi connectivity index (χ1v) is 7.27. The second kappa shape index (κ2) is 5.76. The Morgan fingerprint density at radius 1 is 1.16 bits per heavy atom. The van der Waals surface area contributed by atoms with Gasteiger partial charge in [0, 0.05) is 17.5 Å². The van der Waals surface area contributed by atoms with E-state index >= 15 is 0 Å². The summed E-state index contributed by atoms with van der Waals surface area (Å²) in [6, 6.07) is 9.31. The molecule has 1 aliphatic carbocycles. The third-order valence-electron chi connectivity index (χ3n) is 4.16. The number of para-hydroxylation sites is 1. The molecule has 0 bridgehead atoms. The van der Waals surface area contributed by atoms with Gasteiger partial charge in [-0.05, 0) is 50.3 Å². The average molecular weight is 258 g/mol. The maximum Gasteiger partial charge on any atom is 0.134 e. The van der Waals surface area contributed by atoms with Crippen LogP contribution in [0.5, 0.6) is 0 Å². The predicted octanol–water partition coefficient (Wildman–Crippen LogP) is 2.83. The molecular weight excluding hydrogens is 236 g/mol. The molecule has 2 aromatic rings. The van der Waals surface area contributed by atoms with Gasteiger partial charge in [-0.1, -0.05) is 18.2 Å². The van der Waals surface area contributed by atoms with Crippen molar-refractivity contribution in [3.05, 3.63) is 36.1 Å². The van der Waals surface area contributed by atoms with E-state index in [0.717, 1.165) is 31.4 Å². The topological polar surface area (TPSA) is 51.2 Å². The van der Waals surface area contributed by atoms with Gasteiger partial charge in [0.05, 0.1) is 6.26 Å². The van der Waals surface area contributed by atoms with Crippen LogP contribution in [0.15, 0.2) is 34.9 Å². The van der Waals surface area contributed by atoms with Crippen molar-refractivity contribution in [3.63, 3.8) is 0 Å². The van der Waals surface area contributed by atoms with E-state index in [0.29, 0.717) is 12.1 Å². The van der Waals surface area contributed by atoms with Crippen LogP contribution in [0.4, 0.5) is 0 Å². The van der Waals surface area contributed by atoms with Gasteiger partial charge in [0.25, 0.3) is 0 Å². The Morgan fingerprint density at radius 2 is 1.95 bits per heavy atom. The number of hydrogen-bond donors (Lipinski definition) is 2. The molecule has 0 spiro atoms. The van der Waals surface area contributed by atoms with Crippen molar-refractivity contribution >= 4 is 11.0 Å². The van der Waals surface area contributed by atoms with Crippen LogP contribution >= 0.6 is 0 Å². The molecule has 19 heavy (non-hydrogen) atoms. The highest BCUT2D eigenvalue weighted by atomic mass is 16.3. The van der Waals surface area contributed by atoms with Crippen LogP contribution < -0.4 is 11.1 Å². The van der Waals surface area contributed by atoms with Gasteiger partial charge in [0.15, 0.2) is 0 Å². The molecule has 1 aromatic heterocycles. The van der Waals surface area contributed by atoms with Gasteiger partial charge in [-0.3, -0.25) is 0 Å². The second-order valence-electron chi connectivity index (χ2n) is 5.57. The van der Waals surface area contributed by atoms with E-state index in [2.05, 4.69) is 17.4 Å². The Bertz CT molecular complexity index is 526. The van der Waals surface area contributed by atoms with Gasteiger partial charge in [0.1, 0.15) is 5.58 Å². The molecule has 1 heterocycles. The number of hydrogen-bond acceptors (Lipinski definition) is 3. The number of benzene rings is 1. The molecule has 1 saturated carbocycles. The van der Waals surface area contributed by atoms with Gasteiger partial charge in [-0.2, -0.15) is 0 Å². The first kappa shape index (κ1) is 12.7. The molecule has 3 N–H and O–H groups in total. The van der Waals surface area contributed by atoms with Crippen molar-refractivity contribution in [2.45, 2.75) is 44.2 Å². The van der Waals surface area contributed by atoms with Gasteiger partial charge < -0.3 is 15.5 Å². The molecule has 3 nitrogen and oxygen atoms in total. The zero-order valence-corrected chi connectivity index (χ0v) is 11.3. The second-order valence-corrected chi connectivity index (χ2v) is 5.57. The molecule has 3 heteroatoms. The van der Waals surface area contributed by atoms with Gasteiger partial charge in [0.2, 0.25) is 0 Å². The number of fused-ring (bicyclic) bond motifs is 1. The number of nitrogens with one attached hydrogen (secondary N) is 1. The van der Waals surface area contributed by atoms with Gasteiger partial charge in [-0.15, -0.1) is 0 Å². The zero-order valence-electron chi connectivity index (χ0n) is 11.3. The third kappa shape index (κ3) is 2.99. The lowest BCUT2D eigenvalue weighted by molar-refractivity contribution is 0.344. The van der Waals surface area contributed by atoms with E-state index in [1.807, 2.05) is 18.4 Å². The summed E-state index contributed by atoms with van der Waals surface area (Å²) < 4.78 is 5.56. The Morgan fingerprint density at radius 3 is 2.79 bits per heavy atom. The molecule has 102 valence electrons. The molecule has 0 amide bonds. The molecule has 0 saturated heterocycles. The minimum absolute atomic E-state index is 0.427. The average Bonchev–Trinajstić information content (AvgIpc) is 2.85. The summed E-state index contributed by atoms with van der Waals surface area (Å²) in [5.74, 6) is 0. The SMILES string of the molecule is NC1CCC(NCCc2coc3ccccc23)CC1. The van der Waals surface area contributed by atoms with Crippen LogP contribution in [0, 0.1) is 0 Å². The van der Waals surface area contributed by atoms with Crippen LogP contribution in [0.25, 0.3) is 11.0 Å². The van der Waals surface area contributed by atoms with Crippen molar-refractivity contribution in [2.24, 2.45) is 5.73 Å². The summed E-state index contributed by atoms with van der Waals surface area (Å²) in [6.45, 7) is 1.02.